The zero-order valence-electron chi connectivity index (χ0n) is 9.34. The molecule has 16 heavy (non-hydrogen) atoms. The average molecular weight is 217 g/mol. The van der Waals surface area contributed by atoms with Gasteiger partial charge in [-0.1, -0.05) is 6.07 Å². The molecule has 2 aromatic rings. The van der Waals surface area contributed by atoms with E-state index in [4.69, 9.17) is 4.74 Å². The number of nitrogens with zero attached hydrogens (tertiary/aromatic N) is 3. The summed E-state index contributed by atoms with van der Waals surface area (Å²) in [5, 5.41) is 4.14. The lowest BCUT2D eigenvalue weighted by molar-refractivity contribution is 0.321. The average Bonchev–Trinajstić information content (AvgIpc) is 2.78. The van der Waals surface area contributed by atoms with Crippen molar-refractivity contribution >= 4 is 0 Å². The first-order chi connectivity index (χ1) is 7.88. The van der Waals surface area contributed by atoms with Crippen molar-refractivity contribution in [1.29, 1.82) is 0 Å². The van der Waals surface area contributed by atoms with Gasteiger partial charge in [0.15, 0.2) is 5.75 Å². The Morgan fingerprint density at radius 1 is 1.38 bits per heavy atom. The predicted molar refractivity (Wildman–Crippen MR) is 61.3 cm³/mol. The van der Waals surface area contributed by atoms with Crippen LogP contribution in [0, 0.1) is 0 Å². The van der Waals surface area contributed by atoms with Gasteiger partial charge < -0.3 is 4.74 Å². The summed E-state index contributed by atoms with van der Waals surface area (Å²) in [5.41, 5.74) is 1.19. The molecule has 2 heterocycles. The van der Waals surface area contributed by atoms with Crippen molar-refractivity contribution in [2.75, 3.05) is 6.61 Å². The maximum atomic E-state index is 5.58. The number of pyridine rings is 1. The molecule has 4 nitrogen and oxygen atoms in total. The van der Waals surface area contributed by atoms with Crippen LogP contribution in [0.1, 0.15) is 12.5 Å². The first kappa shape index (κ1) is 10.7. The molecule has 4 heteroatoms. The van der Waals surface area contributed by atoms with Crippen LogP contribution in [0.4, 0.5) is 0 Å². The van der Waals surface area contributed by atoms with E-state index in [1.807, 2.05) is 36.1 Å². The highest BCUT2D eigenvalue weighted by Crippen LogP contribution is 2.08. The van der Waals surface area contributed by atoms with Gasteiger partial charge >= 0.3 is 0 Å². The summed E-state index contributed by atoms with van der Waals surface area (Å²) in [6.07, 6.45) is 8.15. The Balaban J connectivity index is 1.80. The minimum atomic E-state index is 0.654. The normalized spacial score (nSPS) is 10.3. The van der Waals surface area contributed by atoms with Crippen molar-refractivity contribution in [2.24, 2.45) is 0 Å². The van der Waals surface area contributed by atoms with Gasteiger partial charge in [0.2, 0.25) is 0 Å². The number of aromatic nitrogens is 3. The van der Waals surface area contributed by atoms with Crippen LogP contribution >= 0.6 is 0 Å². The Hall–Kier alpha value is -1.84. The highest BCUT2D eigenvalue weighted by atomic mass is 16.5. The molecule has 2 aromatic heterocycles. The van der Waals surface area contributed by atoms with Crippen LogP contribution < -0.4 is 4.74 Å². The van der Waals surface area contributed by atoms with Gasteiger partial charge in [-0.2, -0.15) is 5.10 Å². The highest BCUT2D eigenvalue weighted by Gasteiger charge is 1.98. The zero-order chi connectivity index (χ0) is 11.2. The molecule has 0 saturated carbocycles. The molecule has 0 radical (unpaired) electrons. The van der Waals surface area contributed by atoms with Gasteiger partial charge in [0.05, 0.1) is 19.0 Å². The largest absolute Gasteiger partial charge is 0.490 e. The third kappa shape index (κ3) is 2.82. The first-order valence-electron chi connectivity index (χ1n) is 5.42. The molecule has 0 aromatic carbocycles. The summed E-state index contributed by atoms with van der Waals surface area (Å²) < 4.78 is 7.43. The van der Waals surface area contributed by atoms with Crippen molar-refractivity contribution in [3.8, 4) is 5.75 Å². The van der Waals surface area contributed by atoms with E-state index >= 15 is 0 Å². The second-order valence-corrected chi connectivity index (χ2v) is 3.49. The standard InChI is InChI=1S/C12H15N3O/c1-2-15-10-12(9-14-15)16-7-5-11-4-3-6-13-8-11/h3-4,6,8-10H,2,5,7H2,1H3. The number of rotatable bonds is 5. The van der Waals surface area contributed by atoms with Crippen LogP contribution in [-0.4, -0.2) is 21.4 Å². The minimum absolute atomic E-state index is 0.654. The summed E-state index contributed by atoms with van der Waals surface area (Å²) in [4.78, 5) is 4.06. The smallest absolute Gasteiger partial charge is 0.157 e. The fourth-order valence-electron chi connectivity index (χ4n) is 1.42. The van der Waals surface area contributed by atoms with E-state index in [2.05, 4.69) is 10.1 Å². The summed E-state index contributed by atoms with van der Waals surface area (Å²) >= 11 is 0. The Kier molecular flexibility index (Phi) is 3.53. The van der Waals surface area contributed by atoms with Gasteiger partial charge in [-0.15, -0.1) is 0 Å². The monoisotopic (exact) mass is 217 g/mol. The molecule has 0 aliphatic carbocycles. The molecule has 0 saturated heterocycles. The van der Waals surface area contributed by atoms with E-state index in [9.17, 15) is 0 Å². The number of aryl methyl sites for hydroxylation is 1. The molecule has 0 N–H and O–H groups in total. The van der Waals surface area contributed by atoms with E-state index < -0.39 is 0 Å². The van der Waals surface area contributed by atoms with E-state index in [1.165, 1.54) is 5.56 Å². The highest BCUT2D eigenvalue weighted by molar-refractivity contribution is 5.13. The minimum Gasteiger partial charge on any atom is -0.490 e. The second kappa shape index (κ2) is 5.30. The SMILES string of the molecule is CCn1cc(OCCc2cccnc2)cn1. The second-order valence-electron chi connectivity index (χ2n) is 3.49. The fraction of sp³-hybridized carbons (Fsp3) is 0.333. The quantitative estimate of drug-likeness (QED) is 0.768. The van der Waals surface area contributed by atoms with E-state index in [1.54, 1.807) is 12.4 Å². The topological polar surface area (TPSA) is 39.9 Å². The molecule has 0 fully saturated rings. The van der Waals surface area contributed by atoms with Crippen LogP contribution in [0.15, 0.2) is 36.9 Å². The third-order valence-electron chi connectivity index (χ3n) is 2.32. The molecule has 0 bridgehead atoms. The Morgan fingerprint density at radius 3 is 3.00 bits per heavy atom. The van der Waals surface area contributed by atoms with Crippen molar-refractivity contribution in [3.05, 3.63) is 42.5 Å². The number of ether oxygens (including phenoxy) is 1. The third-order valence-corrected chi connectivity index (χ3v) is 2.32. The van der Waals surface area contributed by atoms with Crippen LogP contribution in [0.5, 0.6) is 5.75 Å². The molecule has 84 valence electrons. The molecule has 0 spiro atoms. The molecule has 0 atom stereocenters. The van der Waals surface area contributed by atoms with Gasteiger partial charge in [0, 0.05) is 25.4 Å². The Bertz CT molecular complexity index is 425. The lowest BCUT2D eigenvalue weighted by Crippen LogP contribution is -2.01. The van der Waals surface area contributed by atoms with Gasteiger partial charge in [-0.3, -0.25) is 9.67 Å². The maximum Gasteiger partial charge on any atom is 0.157 e. The molecule has 0 unspecified atom stereocenters. The van der Waals surface area contributed by atoms with E-state index in [0.29, 0.717) is 6.61 Å². The van der Waals surface area contributed by atoms with Crippen LogP contribution in [-0.2, 0) is 13.0 Å². The van der Waals surface area contributed by atoms with Crippen LogP contribution in [0.3, 0.4) is 0 Å². The molecule has 0 aliphatic heterocycles. The van der Waals surface area contributed by atoms with Gasteiger partial charge in [-0.25, -0.2) is 0 Å². The van der Waals surface area contributed by atoms with Gasteiger partial charge in [-0.05, 0) is 18.6 Å². The lowest BCUT2D eigenvalue weighted by atomic mass is 10.2. The Labute approximate surface area is 94.9 Å². The van der Waals surface area contributed by atoms with Crippen molar-refractivity contribution in [3.63, 3.8) is 0 Å². The Morgan fingerprint density at radius 2 is 2.31 bits per heavy atom. The van der Waals surface area contributed by atoms with Crippen molar-refractivity contribution in [1.82, 2.24) is 14.8 Å². The summed E-state index contributed by atoms with van der Waals surface area (Å²) in [6.45, 7) is 3.57. The summed E-state index contributed by atoms with van der Waals surface area (Å²) in [5.74, 6) is 0.825. The number of hydrogen-bond donors (Lipinski definition) is 0. The van der Waals surface area contributed by atoms with Crippen LogP contribution in [0.2, 0.25) is 0 Å². The van der Waals surface area contributed by atoms with E-state index in [-0.39, 0.29) is 0 Å². The van der Waals surface area contributed by atoms with Gasteiger partial charge in [0.25, 0.3) is 0 Å². The van der Waals surface area contributed by atoms with Gasteiger partial charge in [0.1, 0.15) is 0 Å². The summed E-state index contributed by atoms with van der Waals surface area (Å²) in [7, 11) is 0. The molecular formula is C12H15N3O. The lowest BCUT2D eigenvalue weighted by Gasteiger charge is -2.02. The maximum absolute atomic E-state index is 5.58. The van der Waals surface area contributed by atoms with Crippen molar-refractivity contribution in [2.45, 2.75) is 19.9 Å². The first-order valence-corrected chi connectivity index (χ1v) is 5.42. The predicted octanol–water partition coefficient (Wildman–Crippen LogP) is 1.92. The number of hydrogen-bond acceptors (Lipinski definition) is 3. The zero-order valence-corrected chi connectivity index (χ0v) is 9.34. The van der Waals surface area contributed by atoms with Crippen molar-refractivity contribution < 1.29 is 4.74 Å². The van der Waals surface area contributed by atoms with Crippen LogP contribution in [0.25, 0.3) is 0 Å². The molecule has 0 aliphatic rings. The van der Waals surface area contributed by atoms with E-state index in [0.717, 1.165) is 18.7 Å². The fourth-order valence-corrected chi connectivity index (χ4v) is 1.42. The molecular weight excluding hydrogens is 202 g/mol. The molecule has 0 amide bonds. The summed E-state index contributed by atoms with van der Waals surface area (Å²) in [6, 6.07) is 3.98. The molecule has 2 rings (SSSR count).